The van der Waals surface area contributed by atoms with Crippen molar-refractivity contribution in [3.8, 4) is 34.3 Å². The lowest BCUT2D eigenvalue weighted by Crippen LogP contribution is -2.49. The standard InChI is InChI=1S/C27H27N3O5/c1-16(2)34-23-11-9-17(12-24(23)33-3)26-28-25(29-35-26)22-10-8-18(20-6-4-5-7-21(20)22)13-30-14-19(15-30)27(31)32/h4-12,16,19H,13-15H2,1-3H3,(H,31,32). The summed E-state index contributed by atoms with van der Waals surface area (Å²) in [4.78, 5) is 17.9. The van der Waals surface area contributed by atoms with Gasteiger partial charge in [-0.15, -0.1) is 0 Å². The number of carbonyl (C=O) groups is 1. The Morgan fingerprint density at radius 2 is 1.89 bits per heavy atom. The Balaban J connectivity index is 1.43. The van der Waals surface area contributed by atoms with E-state index < -0.39 is 5.97 Å². The summed E-state index contributed by atoms with van der Waals surface area (Å²) in [6.45, 7) is 5.77. The van der Waals surface area contributed by atoms with Gasteiger partial charge < -0.3 is 19.1 Å². The lowest BCUT2D eigenvalue weighted by molar-refractivity contribution is -0.147. The van der Waals surface area contributed by atoms with E-state index in [1.807, 2.05) is 56.3 Å². The summed E-state index contributed by atoms with van der Waals surface area (Å²) in [5.41, 5.74) is 2.75. The lowest BCUT2D eigenvalue weighted by atomic mass is 9.95. The molecule has 0 radical (unpaired) electrons. The molecule has 8 nitrogen and oxygen atoms in total. The third kappa shape index (κ3) is 4.57. The highest BCUT2D eigenvalue weighted by molar-refractivity contribution is 5.97. The maximum absolute atomic E-state index is 11.1. The summed E-state index contributed by atoms with van der Waals surface area (Å²) < 4.78 is 16.9. The molecule has 180 valence electrons. The molecule has 8 heteroatoms. The molecule has 5 rings (SSSR count). The molecule has 3 aromatic carbocycles. The van der Waals surface area contributed by atoms with Gasteiger partial charge in [-0.3, -0.25) is 9.69 Å². The van der Waals surface area contributed by atoms with Crippen LogP contribution in [0.1, 0.15) is 19.4 Å². The highest BCUT2D eigenvalue weighted by atomic mass is 16.5. The van der Waals surface area contributed by atoms with E-state index in [-0.39, 0.29) is 12.0 Å². The number of likely N-dealkylation sites (tertiary alicyclic amines) is 1. The lowest BCUT2D eigenvalue weighted by Gasteiger charge is -2.36. The number of benzene rings is 3. The maximum Gasteiger partial charge on any atom is 0.309 e. The van der Waals surface area contributed by atoms with Gasteiger partial charge in [0.15, 0.2) is 11.5 Å². The molecule has 0 unspecified atom stereocenters. The largest absolute Gasteiger partial charge is 0.493 e. The topological polar surface area (TPSA) is 97.9 Å². The van der Waals surface area contributed by atoms with Crippen LogP contribution in [0.4, 0.5) is 0 Å². The van der Waals surface area contributed by atoms with Crippen LogP contribution in [0.25, 0.3) is 33.6 Å². The molecule has 35 heavy (non-hydrogen) atoms. The number of carboxylic acids is 1. The van der Waals surface area contributed by atoms with Crippen LogP contribution in [0, 0.1) is 5.92 Å². The van der Waals surface area contributed by atoms with E-state index >= 15 is 0 Å². The van der Waals surface area contributed by atoms with Crippen LogP contribution < -0.4 is 9.47 Å². The zero-order valence-corrected chi connectivity index (χ0v) is 19.9. The fraction of sp³-hybridized carbons (Fsp3) is 0.296. The first-order valence-electron chi connectivity index (χ1n) is 11.6. The second kappa shape index (κ2) is 9.38. The highest BCUT2D eigenvalue weighted by Gasteiger charge is 2.32. The molecule has 1 fully saturated rings. The monoisotopic (exact) mass is 473 g/mol. The minimum absolute atomic E-state index is 0.0284. The minimum Gasteiger partial charge on any atom is -0.493 e. The molecule has 0 saturated carbocycles. The van der Waals surface area contributed by atoms with Gasteiger partial charge in [0.2, 0.25) is 5.82 Å². The van der Waals surface area contributed by atoms with E-state index in [2.05, 4.69) is 27.2 Å². The van der Waals surface area contributed by atoms with Gasteiger partial charge in [0.25, 0.3) is 5.89 Å². The summed E-state index contributed by atoms with van der Waals surface area (Å²) in [6.07, 6.45) is 0.0284. The van der Waals surface area contributed by atoms with E-state index in [9.17, 15) is 4.79 Å². The van der Waals surface area contributed by atoms with Crippen molar-refractivity contribution < 1.29 is 23.9 Å². The van der Waals surface area contributed by atoms with Crippen molar-refractivity contribution in [2.75, 3.05) is 20.2 Å². The predicted octanol–water partition coefficient (Wildman–Crippen LogP) is 4.87. The normalized spacial score (nSPS) is 14.3. The Labute approximate surface area is 203 Å². The third-order valence-corrected chi connectivity index (χ3v) is 6.15. The molecule has 1 aliphatic rings. The van der Waals surface area contributed by atoms with Crippen LogP contribution in [0.3, 0.4) is 0 Å². The van der Waals surface area contributed by atoms with Gasteiger partial charge >= 0.3 is 5.97 Å². The van der Waals surface area contributed by atoms with Crippen LogP contribution in [0.15, 0.2) is 59.1 Å². The van der Waals surface area contributed by atoms with Crippen molar-refractivity contribution >= 4 is 16.7 Å². The molecule has 1 N–H and O–H groups in total. The summed E-state index contributed by atoms with van der Waals surface area (Å²) in [5, 5.41) is 15.5. The molecule has 1 aromatic heterocycles. The average molecular weight is 474 g/mol. The second-order valence-corrected chi connectivity index (χ2v) is 9.00. The Kier molecular flexibility index (Phi) is 6.13. The van der Waals surface area contributed by atoms with Crippen LogP contribution in [-0.2, 0) is 11.3 Å². The number of ether oxygens (including phenoxy) is 2. The fourth-order valence-corrected chi connectivity index (χ4v) is 4.39. The number of methoxy groups -OCH3 is 1. The van der Waals surface area contributed by atoms with Crippen molar-refractivity contribution in [1.82, 2.24) is 15.0 Å². The number of carboxylic acid groups (broad SMARTS) is 1. The van der Waals surface area contributed by atoms with Gasteiger partial charge in [0.1, 0.15) is 0 Å². The first-order valence-corrected chi connectivity index (χ1v) is 11.6. The van der Waals surface area contributed by atoms with Crippen molar-refractivity contribution in [2.45, 2.75) is 26.5 Å². The fourth-order valence-electron chi connectivity index (χ4n) is 4.39. The zero-order chi connectivity index (χ0) is 24.5. The van der Waals surface area contributed by atoms with Crippen molar-refractivity contribution in [3.63, 3.8) is 0 Å². The summed E-state index contributed by atoms with van der Waals surface area (Å²) in [7, 11) is 1.60. The van der Waals surface area contributed by atoms with E-state index in [1.165, 1.54) is 0 Å². The zero-order valence-electron chi connectivity index (χ0n) is 19.9. The van der Waals surface area contributed by atoms with Gasteiger partial charge in [-0.05, 0) is 48.4 Å². The molecule has 0 aliphatic carbocycles. The minimum atomic E-state index is -0.728. The summed E-state index contributed by atoms with van der Waals surface area (Å²) in [6, 6.07) is 17.7. The van der Waals surface area contributed by atoms with Gasteiger partial charge in [-0.2, -0.15) is 4.98 Å². The molecule has 2 heterocycles. The second-order valence-electron chi connectivity index (χ2n) is 9.00. The van der Waals surface area contributed by atoms with Gasteiger partial charge in [-0.1, -0.05) is 41.6 Å². The van der Waals surface area contributed by atoms with Crippen LogP contribution in [-0.4, -0.2) is 52.4 Å². The van der Waals surface area contributed by atoms with E-state index in [1.54, 1.807) is 7.11 Å². The Morgan fingerprint density at radius 3 is 2.60 bits per heavy atom. The number of hydrogen-bond acceptors (Lipinski definition) is 7. The predicted molar refractivity (Wildman–Crippen MR) is 131 cm³/mol. The van der Waals surface area contributed by atoms with Gasteiger partial charge in [-0.25, -0.2) is 0 Å². The van der Waals surface area contributed by atoms with Crippen molar-refractivity contribution in [3.05, 3.63) is 60.2 Å². The molecular weight excluding hydrogens is 446 g/mol. The first-order chi connectivity index (χ1) is 16.9. The van der Waals surface area contributed by atoms with Crippen LogP contribution in [0.2, 0.25) is 0 Å². The van der Waals surface area contributed by atoms with Crippen molar-refractivity contribution in [2.24, 2.45) is 5.92 Å². The van der Waals surface area contributed by atoms with E-state index in [0.717, 1.165) is 27.5 Å². The smallest absolute Gasteiger partial charge is 0.309 e. The maximum atomic E-state index is 11.1. The third-order valence-electron chi connectivity index (χ3n) is 6.15. The molecule has 0 amide bonds. The Bertz CT molecular complexity index is 1370. The quantitative estimate of drug-likeness (QED) is 0.387. The molecule has 1 saturated heterocycles. The SMILES string of the molecule is COc1cc(-c2nc(-c3ccc(CN4CC(C(=O)O)C4)c4ccccc34)no2)ccc1OC(C)C. The molecule has 1 aliphatic heterocycles. The number of nitrogens with zero attached hydrogens (tertiary/aromatic N) is 3. The number of aromatic nitrogens is 2. The Morgan fingerprint density at radius 1 is 1.11 bits per heavy atom. The van der Waals surface area contributed by atoms with Crippen molar-refractivity contribution in [1.29, 1.82) is 0 Å². The Hall–Kier alpha value is -3.91. The van der Waals surface area contributed by atoms with E-state index in [0.29, 0.717) is 42.8 Å². The van der Waals surface area contributed by atoms with Crippen LogP contribution >= 0.6 is 0 Å². The molecular formula is C27H27N3O5. The number of rotatable bonds is 8. The van der Waals surface area contributed by atoms with Crippen LogP contribution in [0.5, 0.6) is 11.5 Å². The molecule has 4 aromatic rings. The highest BCUT2D eigenvalue weighted by Crippen LogP contribution is 2.35. The summed E-state index contributed by atoms with van der Waals surface area (Å²) >= 11 is 0. The summed E-state index contributed by atoms with van der Waals surface area (Å²) in [5.74, 6) is 1.14. The van der Waals surface area contributed by atoms with Gasteiger partial charge in [0.05, 0.1) is 19.1 Å². The number of aliphatic carboxylic acids is 1. The molecule has 0 atom stereocenters. The van der Waals surface area contributed by atoms with E-state index in [4.69, 9.17) is 19.1 Å². The molecule has 0 spiro atoms. The van der Waals surface area contributed by atoms with Gasteiger partial charge in [0, 0.05) is 30.8 Å². The first kappa shape index (κ1) is 22.9. The average Bonchev–Trinajstić information content (AvgIpc) is 3.30. The molecule has 0 bridgehead atoms. The number of fused-ring (bicyclic) bond motifs is 1. The number of hydrogen-bond donors (Lipinski definition) is 1.